The quantitative estimate of drug-likeness (QED) is 0.702. The zero-order valence-corrected chi connectivity index (χ0v) is 18.0. The van der Waals surface area contributed by atoms with Gasteiger partial charge in [-0.05, 0) is 11.5 Å². The van der Waals surface area contributed by atoms with Gasteiger partial charge < -0.3 is 14.5 Å². The molecule has 1 aromatic rings. The lowest BCUT2D eigenvalue weighted by Crippen LogP contribution is -2.41. The summed E-state index contributed by atoms with van der Waals surface area (Å²) in [6.45, 7) is 5.66. The number of ether oxygens (including phenoxy) is 1. The average molecular weight is 434 g/mol. The lowest BCUT2D eigenvalue weighted by Gasteiger charge is -2.26. The second kappa shape index (κ2) is 10.1. The van der Waals surface area contributed by atoms with Crippen LogP contribution < -0.4 is 5.32 Å². The van der Waals surface area contributed by atoms with Gasteiger partial charge in [-0.25, -0.2) is 0 Å². The van der Waals surface area contributed by atoms with Gasteiger partial charge in [0, 0.05) is 26.1 Å². The number of carbonyl (C=O) groups excluding carboxylic acids is 4. The topological polar surface area (TPSA) is 96.0 Å². The van der Waals surface area contributed by atoms with Crippen LogP contribution in [-0.2, 0) is 25.7 Å². The Balaban J connectivity index is 1.69. The number of nitrogens with one attached hydrogen (secondary N) is 1. The van der Waals surface area contributed by atoms with Crippen LogP contribution >= 0.6 is 11.8 Å². The smallest absolute Gasteiger partial charge is 0.286 e. The predicted molar refractivity (Wildman–Crippen MR) is 113 cm³/mol. The van der Waals surface area contributed by atoms with Gasteiger partial charge in [0.1, 0.15) is 5.25 Å². The van der Waals surface area contributed by atoms with Crippen molar-refractivity contribution in [2.24, 2.45) is 5.92 Å². The summed E-state index contributed by atoms with van der Waals surface area (Å²) < 4.78 is 6.07. The Morgan fingerprint density at radius 2 is 1.93 bits per heavy atom. The van der Waals surface area contributed by atoms with Gasteiger partial charge >= 0.3 is 0 Å². The molecule has 2 fully saturated rings. The molecule has 2 saturated heterocycles. The Bertz CT molecular complexity index is 801. The van der Waals surface area contributed by atoms with Crippen molar-refractivity contribution in [3.8, 4) is 0 Å². The summed E-state index contributed by atoms with van der Waals surface area (Å²) in [6, 6.07) is 9.72. The maximum atomic E-state index is 12.8. The molecule has 4 amide bonds. The minimum absolute atomic E-state index is 0.0519. The molecule has 2 heterocycles. The van der Waals surface area contributed by atoms with Gasteiger partial charge in [-0.3, -0.25) is 24.5 Å². The standard InChI is InChI=1S/C21H27N3O5S/c1-14(2)9-23-10-16(29-13-15-6-4-3-5-7-15)11-24(12-19(23)26)18(25)8-17-20(27)22-21(28)30-17/h3-7,14,16-17H,8-13H2,1-2H3,(H,22,27,28)/t16-,17+/m1/s1. The number of carbonyl (C=O) groups is 4. The zero-order valence-electron chi connectivity index (χ0n) is 17.2. The summed E-state index contributed by atoms with van der Waals surface area (Å²) in [5.41, 5.74) is 1.01. The Morgan fingerprint density at radius 3 is 2.57 bits per heavy atom. The highest BCUT2D eigenvalue weighted by Gasteiger charge is 2.37. The number of rotatable bonds is 7. The first-order valence-corrected chi connectivity index (χ1v) is 10.9. The summed E-state index contributed by atoms with van der Waals surface area (Å²) in [6.07, 6.45) is -0.462. The van der Waals surface area contributed by atoms with Crippen LogP contribution in [0.15, 0.2) is 30.3 Å². The maximum Gasteiger partial charge on any atom is 0.286 e. The van der Waals surface area contributed by atoms with Gasteiger partial charge in [0.15, 0.2) is 0 Å². The molecular weight excluding hydrogens is 406 g/mol. The second-order valence-electron chi connectivity index (χ2n) is 7.97. The predicted octanol–water partition coefficient (Wildman–Crippen LogP) is 1.64. The number of nitrogens with zero attached hydrogens (tertiary/aromatic N) is 2. The van der Waals surface area contributed by atoms with Crippen molar-refractivity contribution in [2.75, 3.05) is 26.2 Å². The Morgan fingerprint density at radius 1 is 1.20 bits per heavy atom. The third-order valence-electron chi connectivity index (χ3n) is 4.92. The highest BCUT2D eigenvalue weighted by Crippen LogP contribution is 2.23. The van der Waals surface area contributed by atoms with Gasteiger partial charge in [0.2, 0.25) is 17.7 Å². The largest absolute Gasteiger partial charge is 0.370 e. The van der Waals surface area contributed by atoms with Crippen molar-refractivity contribution < 1.29 is 23.9 Å². The van der Waals surface area contributed by atoms with E-state index >= 15 is 0 Å². The van der Waals surface area contributed by atoms with Gasteiger partial charge in [0.05, 0.1) is 19.3 Å². The first kappa shape index (κ1) is 22.3. The van der Waals surface area contributed by atoms with Gasteiger partial charge in [-0.15, -0.1) is 0 Å². The van der Waals surface area contributed by atoms with Crippen LogP contribution in [0.2, 0.25) is 0 Å². The van der Waals surface area contributed by atoms with E-state index in [2.05, 4.69) is 5.32 Å². The minimum Gasteiger partial charge on any atom is -0.370 e. The fourth-order valence-electron chi connectivity index (χ4n) is 3.50. The summed E-state index contributed by atoms with van der Waals surface area (Å²) in [5.74, 6) is -0.638. The van der Waals surface area contributed by atoms with E-state index in [4.69, 9.17) is 4.74 Å². The normalized spacial score (nSPS) is 22.4. The van der Waals surface area contributed by atoms with Crippen molar-refractivity contribution >= 4 is 34.7 Å². The third-order valence-corrected chi connectivity index (χ3v) is 5.90. The SMILES string of the molecule is CC(C)CN1C[C@@H](OCc2ccccc2)CN(C(=O)C[C@@H]2SC(=O)NC2=O)CC1=O. The molecule has 1 N–H and O–H groups in total. The lowest BCUT2D eigenvalue weighted by atomic mass is 10.2. The zero-order chi connectivity index (χ0) is 21.7. The van der Waals surface area contributed by atoms with Crippen molar-refractivity contribution in [1.82, 2.24) is 15.1 Å². The first-order valence-electron chi connectivity index (χ1n) is 10.0. The van der Waals surface area contributed by atoms with Crippen molar-refractivity contribution in [3.63, 3.8) is 0 Å². The number of amides is 4. The average Bonchev–Trinajstić information content (AvgIpc) is 2.92. The van der Waals surface area contributed by atoms with E-state index in [1.807, 2.05) is 44.2 Å². The highest BCUT2D eigenvalue weighted by atomic mass is 32.2. The van der Waals surface area contributed by atoms with E-state index in [0.29, 0.717) is 19.7 Å². The van der Waals surface area contributed by atoms with E-state index in [1.165, 1.54) is 4.90 Å². The van der Waals surface area contributed by atoms with Crippen LogP contribution in [0.5, 0.6) is 0 Å². The molecule has 30 heavy (non-hydrogen) atoms. The molecule has 0 spiro atoms. The Labute approximate surface area is 180 Å². The molecule has 0 saturated carbocycles. The van der Waals surface area contributed by atoms with Gasteiger partial charge in [-0.2, -0.15) is 0 Å². The van der Waals surface area contributed by atoms with Crippen LogP contribution in [0.25, 0.3) is 0 Å². The van der Waals surface area contributed by atoms with Crippen LogP contribution in [0.1, 0.15) is 25.8 Å². The Kier molecular flexibility index (Phi) is 7.49. The number of hydrogen-bond acceptors (Lipinski definition) is 6. The molecule has 0 unspecified atom stereocenters. The van der Waals surface area contributed by atoms with E-state index in [-0.39, 0.29) is 43.3 Å². The van der Waals surface area contributed by atoms with Gasteiger partial charge in [-0.1, -0.05) is 55.9 Å². The molecule has 162 valence electrons. The van der Waals surface area contributed by atoms with Crippen LogP contribution in [0.4, 0.5) is 4.79 Å². The van der Waals surface area contributed by atoms with E-state index in [1.54, 1.807) is 4.90 Å². The van der Waals surface area contributed by atoms with Crippen molar-refractivity contribution in [1.29, 1.82) is 0 Å². The fraction of sp³-hybridized carbons (Fsp3) is 0.524. The first-order chi connectivity index (χ1) is 14.3. The Hall–Kier alpha value is -2.39. The molecule has 3 rings (SSSR count). The fourth-order valence-corrected chi connectivity index (χ4v) is 4.30. The lowest BCUT2D eigenvalue weighted by molar-refractivity contribution is -0.139. The summed E-state index contributed by atoms with van der Waals surface area (Å²) in [7, 11) is 0. The second-order valence-corrected chi connectivity index (χ2v) is 9.15. The summed E-state index contributed by atoms with van der Waals surface area (Å²) in [4.78, 5) is 52.0. The number of imide groups is 1. The van der Waals surface area contributed by atoms with Crippen LogP contribution in [0, 0.1) is 5.92 Å². The van der Waals surface area contributed by atoms with Crippen LogP contribution in [0.3, 0.4) is 0 Å². The minimum atomic E-state index is -0.751. The number of hydrogen-bond donors (Lipinski definition) is 1. The molecule has 0 bridgehead atoms. The molecule has 0 aromatic heterocycles. The van der Waals surface area contributed by atoms with Crippen molar-refractivity contribution in [2.45, 2.75) is 38.2 Å². The monoisotopic (exact) mass is 433 g/mol. The molecule has 2 atom stereocenters. The number of benzene rings is 1. The van der Waals surface area contributed by atoms with Crippen molar-refractivity contribution in [3.05, 3.63) is 35.9 Å². The molecule has 0 aliphatic carbocycles. The highest BCUT2D eigenvalue weighted by molar-refractivity contribution is 8.15. The van der Waals surface area contributed by atoms with E-state index in [9.17, 15) is 19.2 Å². The maximum absolute atomic E-state index is 12.8. The summed E-state index contributed by atoms with van der Waals surface area (Å²) in [5, 5.41) is 0.988. The summed E-state index contributed by atoms with van der Waals surface area (Å²) >= 11 is 0.816. The molecule has 2 aliphatic rings. The van der Waals surface area contributed by atoms with E-state index < -0.39 is 16.4 Å². The molecular formula is C21H27N3O5S. The van der Waals surface area contributed by atoms with E-state index in [0.717, 1.165) is 17.3 Å². The third kappa shape index (κ3) is 6.06. The molecule has 8 nitrogen and oxygen atoms in total. The molecule has 2 aliphatic heterocycles. The molecule has 1 aromatic carbocycles. The molecule has 0 radical (unpaired) electrons. The van der Waals surface area contributed by atoms with Crippen LogP contribution in [-0.4, -0.2) is 70.3 Å². The van der Waals surface area contributed by atoms with Gasteiger partial charge in [0.25, 0.3) is 5.24 Å². The molecule has 9 heteroatoms. The number of thioether (sulfide) groups is 1.